The van der Waals surface area contributed by atoms with E-state index in [2.05, 4.69) is 6.07 Å². The predicted molar refractivity (Wildman–Crippen MR) is 26.6 cm³/mol. The summed E-state index contributed by atoms with van der Waals surface area (Å²) in [5.41, 5.74) is 0. The Kier molecular flexibility index (Phi) is 0.994. The van der Waals surface area contributed by atoms with Crippen molar-refractivity contribution >= 4 is 0 Å². The summed E-state index contributed by atoms with van der Waals surface area (Å²) in [6, 6.07) is 2.40. The molecule has 1 atom stereocenters. The highest BCUT2D eigenvalue weighted by molar-refractivity contribution is 4.97. The van der Waals surface area contributed by atoms with Crippen LogP contribution in [-0.4, -0.2) is 24.5 Å². The highest BCUT2D eigenvalue weighted by Gasteiger charge is 2.22. The molecule has 2 nitrogen and oxygen atoms in total. The Morgan fingerprint density at radius 1 is 1.86 bits per heavy atom. The molecule has 0 aliphatic carbocycles. The second-order valence-electron chi connectivity index (χ2n) is 1.91. The minimum Gasteiger partial charge on any atom is -0.291 e. The number of rotatable bonds is 0. The summed E-state index contributed by atoms with van der Waals surface area (Å²) in [4.78, 5) is 2.04. The van der Waals surface area contributed by atoms with E-state index in [9.17, 15) is 0 Å². The molecule has 1 heterocycles. The van der Waals surface area contributed by atoms with Gasteiger partial charge in [0.25, 0.3) is 0 Å². The molecule has 0 bridgehead atoms. The van der Waals surface area contributed by atoms with Crippen molar-refractivity contribution in [2.45, 2.75) is 12.5 Å². The maximum absolute atomic E-state index is 8.26. The Hall–Kier alpha value is -0.550. The van der Waals surface area contributed by atoms with Gasteiger partial charge in [0, 0.05) is 6.54 Å². The summed E-state index contributed by atoms with van der Waals surface area (Å²) >= 11 is 0. The average Bonchev–Trinajstić information content (AvgIpc) is 1.65. The summed E-state index contributed by atoms with van der Waals surface area (Å²) in [6.07, 6.45) is 1.06. The third-order valence-electron chi connectivity index (χ3n) is 1.44. The van der Waals surface area contributed by atoms with Crippen molar-refractivity contribution in [2.24, 2.45) is 0 Å². The largest absolute Gasteiger partial charge is 0.291 e. The van der Waals surface area contributed by atoms with Gasteiger partial charge in [-0.1, -0.05) is 0 Å². The van der Waals surface area contributed by atoms with E-state index in [-0.39, 0.29) is 6.04 Å². The zero-order valence-electron chi connectivity index (χ0n) is 4.39. The van der Waals surface area contributed by atoms with Crippen LogP contribution >= 0.6 is 0 Å². The van der Waals surface area contributed by atoms with Gasteiger partial charge in [0.2, 0.25) is 0 Å². The number of hydrogen-bond acceptors (Lipinski definition) is 2. The fourth-order valence-corrected chi connectivity index (χ4v) is 0.680. The topological polar surface area (TPSA) is 27.0 Å². The summed E-state index contributed by atoms with van der Waals surface area (Å²) in [7, 11) is 1.97. The summed E-state index contributed by atoms with van der Waals surface area (Å²) < 4.78 is 0. The van der Waals surface area contributed by atoms with Crippen molar-refractivity contribution in [3.05, 3.63) is 0 Å². The Morgan fingerprint density at radius 2 is 2.57 bits per heavy atom. The van der Waals surface area contributed by atoms with Crippen molar-refractivity contribution in [1.82, 2.24) is 4.90 Å². The fraction of sp³-hybridized carbons (Fsp3) is 0.800. The Balaban J connectivity index is 2.33. The molecule has 1 fully saturated rings. The lowest BCUT2D eigenvalue weighted by molar-refractivity contribution is 0.172. The first-order valence-electron chi connectivity index (χ1n) is 2.44. The molecule has 1 aliphatic rings. The SMILES string of the molecule is CN1CCC1C#N. The lowest BCUT2D eigenvalue weighted by Crippen LogP contribution is -2.43. The molecule has 0 N–H and O–H groups in total. The third kappa shape index (κ3) is 0.594. The van der Waals surface area contributed by atoms with E-state index in [1.165, 1.54) is 0 Å². The highest BCUT2D eigenvalue weighted by Crippen LogP contribution is 2.11. The lowest BCUT2D eigenvalue weighted by atomic mass is 10.1. The van der Waals surface area contributed by atoms with Crippen LogP contribution in [0.4, 0.5) is 0 Å². The van der Waals surface area contributed by atoms with E-state index < -0.39 is 0 Å². The van der Waals surface area contributed by atoms with Gasteiger partial charge in [0.1, 0.15) is 0 Å². The smallest absolute Gasteiger partial charge is 0.0987 e. The van der Waals surface area contributed by atoms with Gasteiger partial charge in [-0.2, -0.15) is 5.26 Å². The van der Waals surface area contributed by atoms with Crippen LogP contribution in [-0.2, 0) is 0 Å². The molecule has 1 rings (SSSR count). The zero-order valence-corrected chi connectivity index (χ0v) is 4.39. The minimum absolute atomic E-state index is 0.222. The molecule has 0 spiro atoms. The molecule has 0 aromatic carbocycles. The number of nitriles is 1. The first-order chi connectivity index (χ1) is 3.34. The molecule has 0 saturated carbocycles. The fourth-order valence-electron chi connectivity index (χ4n) is 0.680. The van der Waals surface area contributed by atoms with Gasteiger partial charge in [0.15, 0.2) is 0 Å². The molecule has 0 radical (unpaired) electrons. The van der Waals surface area contributed by atoms with Crippen molar-refractivity contribution < 1.29 is 0 Å². The van der Waals surface area contributed by atoms with Crippen molar-refractivity contribution in [1.29, 1.82) is 5.26 Å². The second-order valence-corrected chi connectivity index (χ2v) is 1.91. The maximum atomic E-state index is 8.26. The van der Waals surface area contributed by atoms with Crippen LogP contribution in [0.2, 0.25) is 0 Å². The highest BCUT2D eigenvalue weighted by atomic mass is 15.2. The van der Waals surface area contributed by atoms with Gasteiger partial charge >= 0.3 is 0 Å². The normalized spacial score (nSPS) is 31.1. The molecule has 0 aromatic rings. The van der Waals surface area contributed by atoms with E-state index in [1.807, 2.05) is 11.9 Å². The molecule has 1 saturated heterocycles. The molecular formula is C5H8N2. The van der Waals surface area contributed by atoms with E-state index in [0.29, 0.717) is 0 Å². The van der Waals surface area contributed by atoms with E-state index in [0.717, 1.165) is 13.0 Å². The summed E-state index contributed by atoms with van der Waals surface area (Å²) in [6.45, 7) is 1.10. The summed E-state index contributed by atoms with van der Waals surface area (Å²) in [5.74, 6) is 0. The first kappa shape index (κ1) is 4.61. The van der Waals surface area contributed by atoms with Crippen LogP contribution < -0.4 is 0 Å². The molecule has 2 heteroatoms. The number of likely N-dealkylation sites (tertiary alicyclic amines) is 1. The van der Waals surface area contributed by atoms with Crippen molar-refractivity contribution in [3.63, 3.8) is 0 Å². The second kappa shape index (κ2) is 1.51. The molecule has 0 aromatic heterocycles. The van der Waals surface area contributed by atoms with Crippen molar-refractivity contribution in [3.8, 4) is 6.07 Å². The van der Waals surface area contributed by atoms with Gasteiger partial charge in [0.05, 0.1) is 12.1 Å². The van der Waals surface area contributed by atoms with Crippen LogP contribution in [0.3, 0.4) is 0 Å². The van der Waals surface area contributed by atoms with Gasteiger partial charge in [-0.25, -0.2) is 0 Å². The lowest BCUT2D eigenvalue weighted by Gasteiger charge is -2.31. The standard InChI is InChI=1S/C5H8N2/c1-7-3-2-5(7)4-6/h5H,2-3H2,1H3. The molecule has 1 aliphatic heterocycles. The molecule has 0 amide bonds. The van der Waals surface area contributed by atoms with Crippen LogP contribution in [0.15, 0.2) is 0 Å². The molecule has 38 valence electrons. The first-order valence-corrected chi connectivity index (χ1v) is 2.44. The zero-order chi connectivity index (χ0) is 5.28. The summed E-state index contributed by atoms with van der Waals surface area (Å²) in [5, 5.41) is 8.26. The maximum Gasteiger partial charge on any atom is 0.0987 e. The quantitative estimate of drug-likeness (QED) is 0.431. The van der Waals surface area contributed by atoms with E-state index in [1.54, 1.807) is 0 Å². The van der Waals surface area contributed by atoms with E-state index >= 15 is 0 Å². The van der Waals surface area contributed by atoms with E-state index in [4.69, 9.17) is 5.26 Å². The predicted octanol–water partition coefficient (Wildman–Crippen LogP) is 0.214. The number of nitrogens with zero attached hydrogens (tertiary/aromatic N) is 2. The van der Waals surface area contributed by atoms with Crippen LogP contribution in [0.5, 0.6) is 0 Å². The monoisotopic (exact) mass is 96.1 g/mol. The minimum atomic E-state index is 0.222. The Bertz CT molecular complexity index is 103. The van der Waals surface area contributed by atoms with Gasteiger partial charge in [-0.3, -0.25) is 4.90 Å². The van der Waals surface area contributed by atoms with Crippen LogP contribution in [0, 0.1) is 11.3 Å². The molecule has 1 unspecified atom stereocenters. The van der Waals surface area contributed by atoms with Gasteiger partial charge < -0.3 is 0 Å². The van der Waals surface area contributed by atoms with Crippen LogP contribution in [0.25, 0.3) is 0 Å². The van der Waals surface area contributed by atoms with Crippen LogP contribution in [0.1, 0.15) is 6.42 Å². The Labute approximate surface area is 43.3 Å². The average molecular weight is 96.1 g/mol. The molecule has 7 heavy (non-hydrogen) atoms. The Morgan fingerprint density at radius 3 is 2.57 bits per heavy atom. The van der Waals surface area contributed by atoms with Gasteiger partial charge in [-0.15, -0.1) is 0 Å². The number of hydrogen-bond donors (Lipinski definition) is 0. The van der Waals surface area contributed by atoms with Crippen molar-refractivity contribution in [2.75, 3.05) is 13.6 Å². The third-order valence-corrected chi connectivity index (χ3v) is 1.44. The van der Waals surface area contributed by atoms with Gasteiger partial charge in [-0.05, 0) is 13.5 Å². The molecular weight excluding hydrogens is 88.1 g/mol.